The van der Waals surface area contributed by atoms with Crippen LogP contribution in [0.15, 0.2) is 59.4 Å². The van der Waals surface area contributed by atoms with E-state index in [-0.39, 0.29) is 18.0 Å². The zero-order valence-electron chi connectivity index (χ0n) is 15.9. The van der Waals surface area contributed by atoms with E-state index in [1.165, 1.54) is 0 Å². The summed E-state index contributed by atoms with van der Waals surface area (Å²) in [5.74, 6) is 1.23. The summed E-state index contributed by atoms with van der Waals surface area (Å²) in [4.78, 5) is 33.6. The second kappa shape index (κ2) is 9.66. The fourth-order valence-electron chi connectivity index (χ4n) is 2.84. The van der Waals surface area contributed by atoms with Crippen LogP contribution >= 0.6 is 0 Å². The van der Waals surface area contributed by atoms with Gasteiger partial charge in [0.05, 0.1) is 30.5 Å². The van der Waals surface area contributed by atoms with Gasteiger partial charge < -0.3 is 15.0 Å². The Morgan fingerprint density at radius 3 is 2.68 bits per heavy atom. The average Bonchev–Trinajstić information content (AvgIpc) is 2.71. The van der Waals surface area contributed by atoms with E-state index in [0.717, 1.165) is 5.75 Å². The third-order valence-corrected chi connectivity index (χ3v) is 4.29. The molecule has 0 bridgehead atoms. The Balaban J connectivity index is 1.49. The van der Waals surface area contributed by atoms with Crippen LogP contribution in [0.1, 0.15) is 12.7 Å². The Bertz CT molecular complexity index is 972. The molecular formula is C21H24N4O3. The number of fused-ring (bicyclic) bond motifs is 1. The summed E-state index contributed by atoms with van der Waals surface area (Å²) in [6, 6.07) is 16.7. The zero-order valence-corrected chi connectivity index (χ0v) is 15.9. The number of rotatable bonds is 9. The van der Waals surface area contributed by atoms with Gasteiger partial charge in [-0.15, -0.1) is 0 Å². The molecule has 0 aliphatic rings. The van der Waals surface area contributed by atoms with E-state index in [1.807, 2.05) is 60.4 Å². The molecule has 2 aromatic carbocycles. The van der Waals surface area contributed by atoms with Crippen LogP contribution in [-0.4, -0.2) is 47.0 Å². The molecule has 1 aromatic heterocycles. The van der Waals surface area contributed by atoms with Crippen molar-refractivity contribution in [3.63, 3.8) is 0 Å². The summed E-state index contributed by atoms with van der Waals surface area (Å²) >= 11 is 0. The van der Waals surface area contributed by atoms with Crippen LogP contribution in [0.5, 0.6) is 5.75 Å². The summed E-state index contributed by atoms with van der Waals surface area (Å²) < 4.78 is 5.56. The lowest BCUT2D eigenvalue weighted by Crippen LogP contribution is -2.39. The Labute approximate surface area is 163 Å². The minimum absolute atomic E-state index is 0.0957. The van der Waals surface area contributed by atoms with Crippen LogP contribution in [0.25, 0.3) is 10.9 Å². The smallest absolute Gasteiger partial charge is 0.258 e. The third kappa shape index (κ3) is 5.40. The number of hydrogen-bond donors (Lipinski definition) is 2. The van der Waals surface area contributed by atoms with Gasteiger partial charge in [-0.2, -0.15) is 0 Å². The number of likely N-dealkylation sites (N-methyl/N-ethyl adjacent to an activating group) is 1. The quantitative estimate of drug-likeness (QED) is 0.554. The van der Waals surface area contributed by atoms with Crippen molar-refractivity contribution in [2.45, 2.75) is 13.5 Å². The van der Waals surface area contributed by atoms with Gasteiger partial charge in [-0.25, -0.2) is 4.98 Å². The van der Waals surface area contributed by atoms with E-state index in [2.05, 4.69) is 15.3 Å². The Morgan fingerprint density at radius 2 is 1.89 bits per heavy atom. The second-order valence-electron chi connectivity index (χ2n) is 6.34. The molecule has 0 saturated carbocycles. The largest absolute Gasteiger partial charge is 0.492 e. The fraction of sp³-hybridized carbons (Fsp3) is 0.286. The van der Waals surface area contributed by atoms with Crippen molar-refractivity contribution in [2.24, 2.45) is 0 Å². The van der Waals surface area contributed by atoms with E-state index in [1.54, 1.807) is 6.07 Å². The average molecular weight is 380 g/mol. The van der Waals surface area contributed by atoms with Crippen molar-refractivity contribution in [3.05, 3.63) is 70.8 Å². The van der Waals surface area contributed by atoms with E-state index >= 15 is 0 Å². The first-order valence-electron chi connectivity index (χ1n) is 9.30. The maximum atomic E-state index is 12.2. The number of benzene rings is 2. The van der Waals surface area contributed by atoms with Gasteiger partial charge in [0.15, 0.2) is 0 Å². The number of hydrogen-bond acceptors (Lipinski definition) is 5. The minimum Gasteiger partial charge on any atom is -0.492 e. The number of H-pyrrole nitrogens is 1. The van der Waals surface area contributed by atoms with Crippen molar-refractivity contribution in [2.75, 3.05) is 26.2 Å². The molecule has 3 aromatic rings. The first kappa shape index (κ1) is 19.6. The number of para-hydroxylation sites is 2. The molecule has 3 rings (SSSR count). The summed E-state index contributed by atoms with van der Waals surface area (Å²) in [5, 5.41) is 3.41. The molecule has 1 amide bonds. The normalized spacial score (nSPS) is 10.9. The van der Waals surface area contributed by atoms with Gasteiger partial charge in [0.2, 0.25) is 5.91 Å². The summed E-state index contributed by atoms with van der Waals surface area (Å²) in [5.41, 5.74) is 0.485. The molecule has 7 heteroatoms. The van der Waals surface area contributed by atoms with Gasteiger partial charge in [-0.05, 0) is 30.8 Å². The van der Waals surface area contributed by atoms with Crippen molar-refractivity contribution in [1.82, 2.24) is 20.2 Å². The molecule has 0 aliphatic carbocycles. The van der Waals surface area contributed by atoms with Crippen LogP contribution in [0, 0.1) is 0 Å². The monoisotopic (exact) mass is 380 g/mol. The molecule has 0 radical (unpaired) electrons. The number of nitrogens with one attached hydrogen (secondary N) is 2. The lowest BCUT2D eigenvalue weighted by Gasteiger charge is -2.19. The highest BCUT2D eigenvalue weighted by molar-refractivity contribution is 5.78. The first-order chi connectivity index (χ1) is 13.7. The Morgan fingerprint density at radius 1 is 1.14 bits per heavy atom. The fourth-order valence-corrected chi connectivity index (χ4v) is 2.84. The number of carbonyl (C=O) groups excluding carboxylic acids is 1. The highest BCUT2D eigenvalue weighted by Crippen LogP contribution is 2.08. The van der Waals surface area contributed by atoms with E-state index in [9.17, 15) is 9.59 Å². The number of aromatic nitrogens is 2. The van der Waals surface area contributed by atoms with Crippen molar-refractivity contribution in [1.29, 1.82) is 0 Å². The van der Waals surface area contributed by atoms with Gasteiger partial charge in [-0.1, -0.05) is 37.3 Å². The van der Waals surface area contributed by atoms with Gasteiger partial charge in [-0.3, -0.25) is 14.5 Å². The number of ether oxygens (including phenoxy) is 1. The van der Waals surface area contributed by atoms with Crippen LogP contribution in [0.4, 0.5) is 0 Å². The highest BCUT2D eigenvalue weighted by atomic mass is 16.5. The molecular weight excluding hydrogens is 356 g/mol. The summed E-state index contributed by atoms with van der Waals surface area (Å²) in [6.07, 6.45) is 0. The Hall–Kier alpha value is -3.19. The predicted octanol–water partition coefficient (Wildman–Crippen LogP) is 1.94. The van der Waals surface area contributed by atoms with Crippen LogP contribution < -0.4 is 15.6 Å². The first-order valence-corrected chi connectivity index (χ1v) is 9.30. The predicted molar refractivity (Wildman–Crippen MR) is 108 cm³/mol. The molecule has 1 heterocycles. The SMILES string of the molecule is CCN(CC(=O)NCCOc1ccccc1)Cc1nc2ccccc2c(=O)[nH]1. The molecule has 28 heavy (non-hydrogen) atoms. The van der Waals surface area contributed by atoms with E-state index in [0.29, 0.717) is 43.0 Å². The molecule has 0 unspecified atom stereocenters. The van der Waals surface area contributed by atoms with Crippen LogP contribution in [0.3, 0.4) is 0 Å². The van der Waals surface area contributed by atoms with Gasteiger partial charge in [0.1, 0.15) is 18.2 Å². The Kier molecular flexibility index (Phi) is 6.75. The summed E-state index contributed by atoms with van der Waals surface area (Å²) in [6.45, 7) is 4.07. The van der Waals surface area contributed by atoms with Crippen molar-refractivity contribution < 1.29 is 9.53 Å². The van der Waals surface area contributed by atoms with Crippen LogP contribution in [-0.2, 0) is 11.3 Å². The minimum atomic E-state index is -0.167. The van der Waals surface area contributed by atoms with Gasteiger partial charge in [0, 0.05) is 0 Å². The molecule has 0 fully saturated rings. The second-order valence-corrected chi connectivity index (χ2v) is 6.34. The molecule has 0 atom stereocenters. The summed E-state index contributed by atoms with van der Waals surface area (Å²) in [7, 11) is 0. The molecule has 146 valence electrons. The van der Waals surface area contributed by atoms with Gasteiger partial charge in [0.25, 0.3) is 5.56 Å². The number of nitrogens with zero attached hydrogens (tertiary/aromatic N) is 2. The maximum absolute atomic E-state index is 12.2. The molecule has 2 N–H and O–H groups in total. The van der Waals surface area contributed by atoms with Crippen LogP contribution in [0.2, 0.25) is 0 Å². The lowest BCUT2D eigenvalue weighted by molar-refractivity contribution is -0.122. The lowest BCUT2D eigenvalue weighted by atomic mass is 10.2. The van der Waals surface area contributed by atoms with Gasteiger partial charge >= 0.3 is 0 Å². The highest BCUT2D eigenvalue weighted by Gasteiger charge is 2.12. The number of amides is 1. The molecule has 0 spiro atoms. The van der Waals surface area contributed by atoms with Crippen molar-refractivity contribution >= 4 is 16.8 Å². The third-order valence-electron chi connectivity index (χ3n) is 4.29. The molecule has 0 saturated heterocycles. The van der Waals surface area contributed by atoms with E-state index < -0.39 is 0 Å². The molecule has 0 aliphatic heterocycles. The van der Waals surface area contributed by atoms with E-state index in [4.69, 9.17) is 4.74 Å². The number of aromatic amines is 1. The maximum Gasteiger partial charge on any atom is 0.258 e. The molecule has 7 nitrogen and oxygen atoms in total. The standard InChI is InChI=1S/C21H24N4O3/c1-2-25(14-19-23-18-11-7-6-10-17(18)21(27)24-19)15-20(26)22-12-13-28-16-8-4-3-5-9-16/h3-11H,2,12-15H2,1H3,(H,22,26)(H,23,24,27). The van der Waals surface area contributed by atoms with Crippen molar-refractivity contribution in [3.8, 4) is 5.75 Å². The number of carbonyl (C=O) groups is 1. The topological polar surface area (TPSA) is 87.3 Å². The zero-order chi connectivity index (χ0) is 19.8.